The number of imidazole rings is 1. The highest BCUT2D eigenvalue weighted by Crippen LogP contribution is 2.29. The van der Waals surface area contributed by atoms with E-state index in [4.69, 9.17) is 5.73 Å². The van der Waals surface area contributed by atoms with E-state index in [0.717, 1.165) is 17.5 Å². The van der Waals surface area contributed by atoms with Gasteiger partial charge in [-0.25, -0.2) is 4.98 Å². The van der Waals surface area contributed by atoms with Gasteiger partial charge in [0, 0.05) is 19.5 Å². The lowest BCUT2D eigenvalue weighted by Crippen LogP contribution is -2.34. The third-order valence-corrected chi connectivity index (χ3v) is 3.36. The van der Waals surface area contributed by atoms with Crippen LogP contribution in [0, 0.1) is 5.92 Å². The fourth-order valence-electron chi connectivity index (χ4n) is 2.28. The number of alkyl halides is 3. The van der Waals surface area contributed by atoms with Crippen LogP contribution in [0.25, 0.3) is 11.0 Å². The van der Waals surface area contributed by atoms with Gasteiger partial charge in [0.15, 0.2) is 0 Å². The van der Waals surface area contributed by atoms with Crippen LogP contribution in [0.3, 0.4) is 0 Å². The second kappa shape index (κ2) is 5.83. The Balaban J connectivity index is 2.43. The van der Waals surface area contributed by atoms with Crippen molar-refractivity contribution in [3.8, 4) is 0 Å². The monoisotopic (exact) mass is 285 g/mol. The molecule has 0 aliphatic rings. The highest BCUT2D eigenvalue weighted by Gasteiger charge is 2.39. The molecular weight excluding hydrogens is 267 g/mol. The maximum Gasteiger partial charge on any atom is 0.394 e. The van der Waals surface area contributed by atoms with Gasteiger partial charge in [-0.2, -0.15) is 13.2 Å². The number of fused-ring (bicyclic) bond motifs is 1. The fraction of sp³-hybridized carbons (Fsp3) is 0.500. The predicted molar refractivity (Wildman–Crippen MR) is 72.3 cm³/mol. The number of nitrogens with two attached hydrogens (primary N) is 1. The van der Waals surface area contributed by atoms with E-state index >= 15 is 0 Å². The zero-order valence-electron chi connectivity index (χ0n) is 11.3. The maximum absolute atomic E-state index is 12.9. The van der Waals surface area contributed by atoms with Gasteiger partial charge in [0.2, 0.25) is 0 Å². The van der Waals surface area contributed by atoms with Crippen LogP contribution in [-0.4, -0.2) is 22.3 Å². The average molecular weight is 285 g/mol. The molecule has 0 bridgehead atoms. The highest BCUT2D eigenvalue weighted by atomic mass is 19.4. The van der Waals surface area contributed by atoms with Gasteiger partial charge in [-0.15, -0.1) is 0 Å². The molecule has 0 saturated heterocycles. The summed E-state index contributed by atoms with van der Waals surface area (Å²) in [5.74, 6) is -0.855. The van der Waals surface area contributed by atoms with Crippen molar-refractivity contribution in [3.63, 3.8) is 0 Å². The number of hydrogen-bond acceptors (Lipinski definition) is 2. The molecule has 6 heteroatoms. The van der Waals surface area contributed by atoms with Gasteiger partial charge in [0.1, 0.15) is 5.82 Å². The lowest BCUT2D eigenvalue weighted by molar-refractivity contribution is -0.175. The largest absolute Gasteiger partial charge is 0.394 e. The molecule has 0 fully saturated rings. The summed E-state index contributed by atoms with van der Waals surface area (Å²) in [6, 6.07) is 7.25. The van der Waals surface area contributed by atoms with Crippen molar-refractivity contribution >= 4 is 11.0 Å². The predicted octanol–water partition coefficient (Wildman–Crippen LogP) is 3.13. The molecule has 20 heavy (non-hydrogen) atoms. The van der Waals surface area contributed by atoms with Gasteiger partial charge in [-0.05, 0) is 18.6 Å². The number of rotatable bonds is 5. The second-order valence-corrected chi connectivity index (χ2v) is 4.85. The van der Waals surface area contributed by atoms with Crippen LogP contribution >= 0.6 is 0 Å². The third-order valence-electron chi connectivity index (χ3n) is 3.36. The number of benzene rings is 1. The molecular formula is C14H18F3N3. The lowest BCUT2D eigenvalue weighted by atomic mass is 10.1. The summed E-state index contributed by atoms with van der Waals surface area (Å²) in [7, 11) is 0. The minimum absolute atomic E-state index is 0.171. The Hall–Kier alpha value is -1.56. The first-order valence-corrected chi connectivity index (χ1v) is 6.68. The molecule has 0 aliphatic heterocycles. The first-order valence-electron chi connectivity index (χ1n) is 6.68. The van der Waals surface area contributed by atoms with Gasteiger partial charge in [0.05, 0.1) is 17.0 Å². The zero-order chi connectivity index (χ0) is 14.8. The Labute approximate surface area is 115 Å². The van der Waals surface area contributed by atoms with E-state index in [1.54, 1.807) is 16.7 Å². The summed E-state index contributed by atoms with van der Waals surface area (Å²) in [5, 5.41) is 0. The Bertz CT molecular complexity index is 575. The van der Waals surface area contributed by atoms with E-state index in [2.05, 4.69) is 4.98 Å². The summed E-state index contributed by atoms with van der Waals surface area (Å²) in [6.07, 6.45) is -2.80. The van der Waals surface area contributed by atoms with E-state index in [9.17, 15) is 13.2 Å². The molecule has 0 radical (unpaired) electrons. The van der Waals surface area contributed by atoms with Crippen LogP contribution < -0.4 is 5.73 Å². The van der Waals surface area contributed by atoms with Crippen molar-refractivity contribution < 1.29 is 13.2 Å². The molecule has 2 rings (SSSR count). The van der Waals surface area contributed by atoms with E-state index in [1.165, 1.54) is 0 Å². The van der Waals surface area contributed by atoms with E-state index < -0.39 is 18.6 Å². The van der Waals surface area contributed by atoms with E-state index in [-0.39, 0.29) is 6.54 Å². The van der Waals surface area contributed by atoms with Crippen molar-refractivity contribution in [2.45, 2.75) is 32.5 Å². The smallest absolute Gasteiger partial charge is 0.330 e. The normalized spacial score (nSPS) is 13.8. The zero-order valence-corrected chi connectivity index (χ0v) is 11.3. The number of nitrogens with zero attached hydrogens (tertiary/aromatic N) is 2. The van der Waals surface area contributed by atoms with Crippen molar-refractivity contribution in [3.05, 3.63) is 30.1 Å². The number of aryl methyl sites for hydroxylation is 1. The Morgan fingerprint density at radius 2 is 2.00 bits per heavy atom. The van der Waals surface area contributed by atoms with E-state index in [0.29, 0.717) is 12.2 Å². The standard InChI is InChI=1S/C14H18F3N3/c1-2-5-13-19-11-6-3-4-7-12(11)20(13)9-10(8-18)14(15,16)17/h3-4,6-7,10H,2,5,8-9,18H2,1H3. The topological polar surface area (TPSA) is 43.8 Å². The number of halogens is 3. The average Bonchev–Trinajstić information content (AvgIpc) is 2.72. The van der Waals surface area contributed by atoms with Crippen molar-refractivity contribution in [2.75, 3.05) is 6.54 Å². The summed E-state index contributed by atoms with van der Waals surface area (Å²) >= 11 is 0. The molecule has 1 heterocycles. The molecule has 2 aromatic rings. The molecule has 1 unspecified atom stereocenters. The first kappa shape index (κ1) is 14.8. The maximum atomic E-state index is 12.9. The molecule has 0 aliphatic carbocycles. The highest BCUT2D eigenvalue weighted by molar-refractivity contribution is 5.75. The minimum Gasteiger partial charge on any atom is -0.330 e. The Morgan fingerprint density at radius 3 is 2.60 bits per heavy atom. The second-order valence-electron chi connectivity index (χ2n) is 4.85. The first-order chi connectivity index (χ1) is 9.47. The summed E-state index contributed by atoms with van der Waals surface area (Å²) in [4.78, 5) is 4.43. The molecule has 0 spiro atoms. The van der Waals surface area contributed by atoms with Crippen LogP contribution in [0.5, 0.6) is 0 Å². The summed E-state index contributed by atoms with van der Waals surface area (Å²) in [5.41, 5.74) is 6.76. The minimum atomic E-state index is -4.29. The Morgan fingerprint density at radius 1 is 1.30 bits per heavy atom. The number of hydrogen-bond donors (Lipinski definition) is 1. The molecule has 3 nitrogen and oxygen atoms in total. The van der Waals surface area contributed by atoms with Crippen LogP contribution in [0.2, 0.25) is 0 Å². The summed E-state index contributed by atoms with van der Waals surface area (Å²) in [6.45, 7) is 1.39. The van der Waals surface area contributed by atoms with Crippen molar-refractivity contribution in [1.29, 1.82) is 0 Å². The molecule has 110 valence electrons. The van der Waals surface area contributed by atoms with Crippen LogP contribution in [0.1, 0.15) is 19.2 Å². The Kier molecular flexibility index (Phi) is 4.32. The SMILES string of the molecule is CCCc1nc2ccccc2n1CC(CN)C(F)(F)F. The van der Waals surface area contributed by atoms with Crippen molar-refractivity contribution in [2.24, 2.45) is 11.7 Å². The van der Waals surface area contributed by atoms with Gasteiger partial charge in [-0.1, -0.05) is 19.1 Å². The fourth-order valence-corrected chi connectivity index (χ4v) is 2.28. The van der Waals surface area contributed by atoms with Crippen LogP contribution in [-0.2, 0) is 13.0 Å². The quantitative estimate of drug-likeness (QED) is 0.917. The van der Waals surface area contributed by atoms with Gasteiger partial charge in [-0.3, -0.25) is 0 Å². The molecule has 0 amide bonds. The number of aromatic nitrogens is 2. The van der Waals surface area contributed by atoms with E-state index in [1.807, 2.05) is 19.1 Å². The number of para-hydroxylation sites is 2. The molecule has 0 saturated carbocycles. The van der Waals surface area contributed by atoms with Crippen LogP contribution in [0.15, 0.2) is 24.3 Å². The molecule has 1 aromatic carbocycles. The molecule has 1 aromatic heterocycles. The van der Waals surface area contributed by atoms with Gasteiger partial charge in [0.25, 0.3) is 0 Å². The van der Waals surface area contributed by atoms with Gasteiger partial charge >= 0.3 is 6.18 Å². The van der Waals surface area contributed by atoms with Crippen LogP contribution in [0.4, 0.5) is 13.2 Å². The summed E-state index contributed by atoms with van der Waals surface area (Å²) < 4.78 is 40.4. The van der Waals surface area contributed by atoms with Gasteiger partial charge < -0.3 is 10.3 Å². The third kappa shape index (κ3) is 2.95. The lowest BCUT2D eigenvalue weighted by Gasteiger charge is -2.20. The molecule has 2 N–H and O–H groups in total. The van der Waals surface area contributed by atoms with Crippen molar-refractivity contribution in [1.82, 2.24) is 9.55 Å². The molecule has 1 atom stereocenters.